The lowest BCUT2D eigenvalue weighted by molar-refractivity contribution is -0.111. The van der Waals surface area contributed by atoms with E-state index in [9.17, 15) is 4.79 Å². The quantitative estimate of drug-likeness (QED) is 0.746. The molecule has 0 aliphatic rings. The highest BCUT2D eigenvalue weighted by molar-refractivity contribution is 6.07. The van der Waals surface area contributed by atoms with Gasteiger partial charge in [0.05, 0.1) is 12.8 Å². The number of nitrogens with one attached hydrogen (secondary N) is 1. The number of hydrogen-bond donors (Lipinski definition) is 1. The standard InChI is InChI=1S/C19H17N3O2/c1-13-12-16(15-4-3-5-17(24-2)19(15)21-13)22-18(23)7-6-14-8-10-20-11-9-14/h3-12H,1-2H3,(H,21,22,23)/b7-6+. The van der Waals surface area contributed by atoms with E-state index < -0.39 is 0 Å². The van der Waals surface area contributed by atoms with Gasteiger partial charge in [-0.3, -0.25) is 9.78 Å². The van der Waals surface area contributed by atoms with Gasteiger partial charge < -0.3 is 10.1 Å². The molecule has 0 fully saturated rings. The number of ether oxygens (including phenoxy) is 1. The summed E-state index contributed by atoms with van der Waals surface area (Å²) in [6.07, 6.45) is 6.61. The molecule has 0 unspecified atom stereocenters. The largest absolute Gasteiger partial charge is 0.494 e. The van der Waals surface area contributed by atoms with Gasteiger partial charge in [0.25, 0.3) is 0 Å². The summed E-state index contributed by atoms with van der Waals surface area (Å²) in [5.41, 5.74) is 3.16. The first-order valence-electron chi connectivity index (χ1n) is 7.51. The SMILES string of the molecule is COc1cccc2c(NC(=O)/C=C/c3ccncc3)cc(C)nc12. The van der Waals surface area contributed by atoms with Crippen LogP contribution in [0.15, 0.2) is 54.9 Å². The molecular formula is C19H17N3O2. The van der Waals surface area contributed by atoms with Crippen molar-refractivity contribution in [1.29, 1.82) is 0 Å². The molecule has 0 saturated heterocycles. The molecule has 0 radical (unpaired) electrons. The van der Waals surface area contributed by atoms with Crippen LogP contribution >= 0.6 is 0 Å². The van der Waals surface area contributed by atoms with Gasteiger partial charge >= 0.3 is 0 Å². The molecule has 5 nitrogen and oxygen atoms in total. The maximum absolute atomic E-state index is 12.2. The lowest BCUT2D eigenvalue weighted by atomic mass is 10.1. The fourth-order valence-electron chi connectivity index (χ4n) is 2.44. The molecule has 0 aliphatic heterocycles. The van der Waals surface area contributed by atoms with Crippen LogP contribution in [0, 0.1) is 6.92 Å². The van der Waals surface area contributed by atoms with Crippen LogP contribution in [0.25, 0.3) is 17.0 Å². The molecule has 0 aliphatic carbocycles. The van der Waals surface area contributed by atoms with Gasteiger partial charge in [-0.25, -0.2) is 4.98 Å². The Kier molecular flexibility index (Phi) is 4.52. The molecule has 3 aromatic rings. The number of benzene rings is 1. The first-order valence-corrected chi connectivity index (χ1v) is 7.51. The summed E-state index contributed by atoms with van der Waals surface area (Å²) >= 11 is 0. The van der Waals surface area contributed by atoms with Crippen LogP contribution in [0.1, 0.15) is 11.3 Å². The number of methoxy groups -OCH3 is 1. The van der Waals surface area contributed by atoms with Gasteiger partial charge in [0, 0.05) is 29.5 Å². The van der Waals surface area contributed by atoms with Crippen molar-refractivity contribution in [3.8, 4) is 5.75 Å². The molecule has 1 amide bonds. The van der Waals surface area contributed by atoms with E-state index >= 15 is 0 Å². The third-order valence-corrected chi connectivity index (χ3v) is 3.54. The molecule has 120 valence electrons. The molecule has 0 bridgehead atoms. The van der Waals surface area contributed by atoms with Crippen LogP contribution in [0.2, 0.25) is 0 Å². The van der Waals surface area contributed by atoms with Gasteiger partial charge in [0.15, 0.2) is 0 Å². The van der Waals surface area contributed by atoms with Crippen LogP contribution in [-0.4, -0.2) is 23.0 Å². The average Bonchev–Trinajstić information content (AvgIpc) is 2.60. The molecule has 1 N–H and O–H groups in total. The highest BCUT2D eigenvalue weighted by Crippen LogP contribution is 2.29. The number of anilines is 1. The number of pyridine rings is 2. The molecule has 2 aromatic heterocycles. The molecule has 24 heavy (non-hydrogen) atoms. The highest BCUT2D eigenvalue weighted by Gasteiger charge is 2.09. The van der Waals surface area contributed by atoms with Crippen molar-refractivity contribution in [3.63, 3.8) is 0 Å². The fourth-order valence-corrected chi connectivity index (χ4v) is 2.44. The second-order valence-electron chi connectivity index (χ2n) is 5.27. The minimum atomic E-state index is -0.207. The topological polar surface area (TPSA) is 64.1 Å². The maximum Gasteiger partial charge on any atom is 0.248 e. The van der Waals surface area contributed by atoms with Crippen LogP contribution in [-0.2, 0) is 4.79 Å². The zero-order chi connectivity index (χ0) is 16.9. The zero-order valence-electron chi connectivity index (χ0n) is 13.5. The van der Waals surface area contributed by atoms with E-state index in [-0.39, 0.29) is 5.91 Å². The van der Waals surface area contributed by atoms with Gasteiger partial charge in [-0.15, -0.1) is 0 Å². The van der Waals surface area contributed by atoms with E-state index in [0.29, 0.717) is 11.4 Å². The Hall–Kier alpha value is -3.21. The normalized spacial score (nSPS) is 10.9. The van der Waals surface area contributed by atoms with Crippen LogP contribution in [0.3, 0.4) is 0 Å². The summed E-state index contributed by atoms with van der Waals surface area (Å²) in [5, 5.41) is 3.75. The van der Waals surface area contributed by atoms with Gasteiger partial charge in [-0.2, -0.15) is 0 Å². The number of rotatable bonds is 4. The molecule has 5 heteroatoms. The van der Waals surface area contributed by atoms with E-state index in [1.807, 2.05) is 43.3 Å². The smallest absolute Gasteiger partial charge is 0.248 e. The number of amides is 1. The number of para-hydroxylation sites is 1. The fraction of sp³-hybridized carbons (Fsp3) is 0.105. The van der Waals surface area contributed by atoms with Crippen LogP contribution in [0.4, 0.5) is 5.69 Å². The minimum Gasteiger partial charge on any atom is -0.494 e. The second-order valence-corrected chi connectivity index (χ2v) is 5.27. The maximum atomic E-state index is 12.2. The number of nitrogens with zero attached hydrogens (tertiary/aromatic N) is 2. The number of carbonyl (C=O) groups is 1. The van der Waals surface area contributed by atoms with Crippen molar-refractivity contribution in [1.82, 2.24) is 9.97 Å². The minimum absolute atomic E-state index is 0.207. The second kappa shape index (κ2) is 6.91. The van der Waals surface area contributed by atoms with E-state index in [4.69, 9.17) is 4.74 Å². The van der Waals surface area contributed by atoms with Gasteiger partial charge in [-0.05, 0) is 42.8 Å². The van der Waals surface area contributed by atoms with E-state index in [2.05, 4.69) is 15.3 Å². The predicted octanol–water partition coefficient (Wildman–Crippen LogP) is 3.60. The Morgan fingerprint density at radius 2 is 2.00 bits per heavy atom. The molecule has 3 rings (SSSR count). The van der Waals surface area contributed by atoms with Crippen molar-refractivity contribution in [2.24, 2.45) is 0 Å². The van der Waals surface area contributed by atoms with Crippen molar-refractivity contribution in [3.05, 3.63) is 66.1 Å². The summed E-state index contributed by atoms with van der Waals surface area (Å²) in [7, 11) is 1.61. The Bertz CT molecular complexity index is 905. The van der Waals surface area contributed by atoms with Gasteiger partial charge in [0.1, 0.15) is 11.3 Å². The number of carbonyl (C=O) groups excluding carboxylic acids is 1. The Morgan fingerprint density at radius 1 is 1.21 bits per heavy atom. The number of aromatic nitrogens is 2. The van der Waals surface area contributed by atoms with Gasteiger partial charge in [-0.1, -0.05) is 12.1 Å². The third-order valence-electron chi connectivity index (χ3n) is 3.54. The summed E-state index contributed by atoms with van der Waals surface area (Å²) in [4.78, 5) is 20.7. The number of hydrogen-bond acceptors (Lipinski definition) is 4. The molecular weight excluding hydrogens is 302 g/mol. The lowest BCUT2D eigenvalue weighted by Crippen LogP contribution is -2.09. The van der Waals surface area contributed by atoms with Gasteiger partial charge in [0.2, 0.25) is 5.91 Å². The van der Waals surface area contributed by atoms with Crippen molar-refractivity contribution >= 4 is 28.6 Å². The monoisotopic (exact) mass is 319 g/mol. The van der Waals surface area contributed by atoms with E-state index in [1.165, 1.54) is 6.08 Å². The summed E-state index contributed by atoms with van der Waals surface area (Å²) in [6.45, 7) is 1.88. The Balaban J connectivity index is 1.90. The Morgan fingerprint density at radius 3 is 2.75 bits per heavy atom. The third kappa shape index (κ3) is 3.41. The summed E-state index contributed by atoms with van der Waals surface area (Å²) in [6, 6.07) is 11.2. The molecule has 0 atom stereocenters. The van der Waals surface area contributed by atoms with Crippen molar-refractivity contribution in [2.75, 3.05) is 12.4 Å². The van der Waals surface area contributed by atoms with Crippen molar-refractivity contribution < 1.29 is 9.53 Å². The summed E-state index contributed by atoms with van der Waals surface area (Å²) in [5.74, 6) is 0.473. The Labute approximate surface area is 140 Å². The molecule has 1 aromatic carbocycles. The lowest BCUT2D eigenvalue weighted by Gasteiger charge is -2.10. The first-order chi connectivity index (χ1) is 11.7. The van der Waals surface area contributed by atoms with E-state index in [1.54, 1.807) is 25.6 Å². The summed E-state index contributed by atoms with van der Waals surface area (Å²) < 4.78 is 5.35. The molecule has 0 spiro atoms. The number of fused-ring (bicyclic) bond motifs is 1. The predicted molar refractivity (Wildman–Crippen MR) is 94.9 cm³/mol. The average molecular weight is 319 g/mol. The molecule has 0 saturated carbocycles. The van der Waals surface area contributed by atoms with Crippen molar-refractivity contribution in [2.45, 2.75) is 6.92 Å². The van der Waals surface area contributed by atoms with E-state index in [0.717, 1.165) is 22.2 Å². The molecule has 2 heterocycles. The highest BCUT2D eigenvalue weighted by atomic mass is 16.5. The number of aryl methyl sites for hydroxylation is 1. The first kappa shape index (κ1) is 15.7. The van der Waals surface area contributed by atoms with Crippen LogP contribution in [0.5, 0.6) is 5.75 Å². The zero-order valence-corrected chi connectivity index (χ0v) is 13.5. The van der Waals surface area contributed by atoms with Crippen LogP contribution < -0.4 is 10.1 Å².